The van der Waals surface area contributed by atoms with Gasteiger partial charge in [-0.1, -0.05) is 11.6 Å². The Morgan fingerprint density at radius 1 is 1.10 bits per heavy atom. The van der Waals surface area contributed by atoms with Crippen molar-refractivity contribution in [2.24, 2.45) is 0 Å². The van der Waals surface area contributed by atoms with Crippen LogP contribution in [-0.4, -0.2) is 43.0 Å². The quantitative estimate of drug-likeness (QED) is 0.656. The first kappa shape index (κ1) is 20.1. The van der Waals surface area contributed by atoms with Crippen molar-refractivity contribution in [2.45, 2.75) is 13.8 Å². The van der Waals surface area contributed by atoms with Gasteiger partial charge >= 0.3 is 0 Å². The van der Waals surface area contributed by atoms with E-state index in [2.05, 4.69) is 5.32 Å². The largest absolute Gasteiger partial charge is 0.486 e. The number of fused-ring (bicyclic) bond motifs is 2. The Labute approximate surface area is 178 Å². The smallest absolute Gasteiger partial charge is 0.290 e. The molecule has 0 spiro atoms. The van der Waals surface area contributed by atoms with Crippen LogP contribution in [0.2, 0.25) is 5.02 Å². The molecule has 30 heavy (non-hydrogen) atoms. The summed E-state index contributed by atoms with van der Waals surface area (Å²) in [6.45, 7) is 4.82. The van der Waals surface area contributed by atoms with Crippen molar-refractivity contribution in [3.05, 3.63) is 52.7 Å². The van der Waals surface area contributed by atoms with Crippen LogP contribution in [0.5, 0.6) is 11.5 Å². The fourth-order valence-corrected chi connectivity index (χ4v) is 3.54. The number of aryl methyl sites for hydroxylation is 1. The van der Waals surface area contributed by atoms with Gasteiger partial charge < -0.3 is 24.1 Å². The molecule has 1 aliphatic heterocycles. The molecular formula is C22H21ClN2O5. The average molecular weight is 429 g/mol. The number of rotatable bonds is 5. The van der Waals surface area contributed by atoms with Gasteiger partial charge in [0.2, 0.25) is 5.91 Å². The minimum absolute atomic E-state index is 0.110. The van der Waals surface area contributed by atoms with Crippen LogP contribution in [0.3, 0.4) is 0 Å². The van der Waals surface area contributed by atoms with Crippen molar-refractivity contribution in [1.29, 1.82) is 0 Å². The number of nitrogens with one attached hydrogen (secondary N) is 1. The van der Waals surface area contributed by atoms with Crippen molar-refractivity contribution in [3.63, 3.8) is 0 Å². The van der Waals surface area contributed by atoms with Crippen LogP contribution < -0.4 is 14.8 Å². The molecule has 1 aliphatic rings. The zero-order chi connectivity index (χ0) is 21.3. The molecule has 156 valence electrons. The van der Waals surface area contributed by atoms with Crippen LogP contribution in [0.1, 0.15) is 23.0 Å². The maximum absolute atomic E-state index is 13.0. The van der Waals surface area contributed by atoms with Crippen LogP contribution in [0.15, 0.2) is 40.8 Å². The SMILES string of the molecule is CCN(CC(=O)Nc1ccc2c(c1)OCCO2)C(=O)c1oc2ccc(Cl)cc2c1C. The van der Waals surface area contributed by atoms with E-state index in [1.54, 1.807) is 43.3 Å². The number of carbonyl (C=O) groups excluding carboxylic acids is 2. The molecule has 0 atom stereocenters. The zero-order valence-corrected chi connectivity index (χ0v) is 17.4. The van der Waals surface area contributed by atoms with Gasteiger partial charge in [-0.2, -0.15) is 0 Å². The third-order valence-corrected chi connectivity index (χ3v) is 5.16. The number of ether oxygens (including phenoxy) is 2. The van der Waals surface area contributed by atoms with Gasteiger partial charge in [-0.3, -0.25) is 9.59 Å². The number of anilines is 1. The highest BCUT2D eigenvalue weighted by Crippen LogP contribution is 2.32. The van der Waals surface area contributed by atoms with Crippen molar-refractivity contribution in [1.82, 2.24) is 4.90 Å². The van der Waals surface area contributed by atoms with E-state index in [0.717, 1.165) is 5.39 Å². The number of benzene rings is 2. The number of halogens is 1. The number of carbonyl (C=O) groups is 2. The summed E-state index contributed by atoms with van der Waals surface area (Å²) in [6, 6.07) is 10.4. The lowest BCUT2D eigenvalue weighted by Crippen LogP contribution is -2.38. The lowest BCUT2D eigenvalue weighted by molar-refractivity contribution is -0.116. The van der Waals surface area contributed by atoms with E-state index in [9.17, 15) is 9.59 Å². The summed E-state index contributed by atoms with van der Waals surface area (Å²) in [5.74, 6) is 0.767. The summed E-state index contributed by atoms with van der Waals surface area (Å²) in [6.07, 6.45) is 0. The Kier molecular flexibility index (Phi) is 5.55. The van der Waals surface area contributed by atoms with Gasteiger partial charge in [-0.05, 0) is 44.2 Å². The van der Waals surface area contributed by atoms with Crippen LogP contribution >= 0.6 is 11.6 Å². The molecule has 0 saturated carbocycles. The second-order valence-electron chi connectivity index (χ2n) is 6.92. The highest BCUT2D eigenvalue weighted by Gasteiger charge is 2.24. The maximum Gasteiger partial charge on any atom is 0.290 e. The van der Waals surface area contributed by atoms with E-state index < -0.39 is 0 Å². The molecule has 2 aromatic carbocycles. The van der Waals surface area contributed by atoms with Crippen molar-refractivity contribution in [2.75, 3.05) is 31.6 Å². The van der Waals surface area contributed by atoms with Crippen LogP contribution in [-0.2, 0) is 4.79 Å². The lowest BCUT2D eigenvalue weighted by atomic mass is 10.1. The summed E-state index contributed by atoms with van der Waals surface area (Å²) in [5, 5.41) is 4.14. The Balaban J connectivity index is 1.48. The lowest BCUT2D eigenvalue weighted by Gasteiger charge is -2.21. The third-order valence-electron chi connectivity index (χ3n) is 4.92. The Morgan fingerprint density at radius 3 is 2.63 bits per heavy atom. The molecule has 0 bridgehead atoms. The molecule has 8 heteroatoms. The molecule has 0 radical (unpaired) electrons. The van der Waals surface area contributed by atoms with Gasteiger partial charge in [0, 0.05) is 34.3 Å². The number of hydrogen-bond donors (Lipinski definition) is 1. The second kappa shape index (κ2) is 8.28. The fourth-order valence-electron chi connectivity index (χ4n) is 3.36. The van der Waals surface area contributed by atoms with Gasteiger partial charge in [-0.15, -0.1) is 0 Å². The topological polar surface area (TPSA) is 81.0 Å². The molecular weight excluding hydrogens is 408 g/mol. The molecule has 1 N–H and O–H groups in total. The highest BCUT2D eigenvalue weighted by molar-refractivity contribution is 6.31. The maximum atomic E-state index is 13.0. The van der Waals surface area contributed by atoms with Crippen LogP contribution in [0.25, 0.3) is 11.0 Å². The minimum Gasteiger partial charge on any atom is -0.486 e. The van der Waals surface area contributed by atoms with Gasteiger partial charge in [0.05, 0.1) is 0 Å². The summed E-state index contributed by atoms with van der Waals surface area (Å²) in [7, 11) is 0. The van der Waals surface area contributed by atoms with Gasteiger partial charge in [-0.25, -0.2) is 0 Å². The van der Waals surface area contributed by atoms with E-state index in [-0.39, 0.29) is 24.1 Å². The standard InChI is InChI=1S/C22H21ClN2O5/c1-3-25(22(27)21-13(2)16-10-14(23)4-6-17(16)30-21)12-20(26)24-15-5-7-18-19(11-15)29-9-8-28-18/h4-7,10-11H,3,8-9,12H2,1-2H3,(H,24,26). The monoisotopic (exact) mass is 428 g/mol. The van der Waals surface area contributed by atoms with Gasteiger partial charge in [0.1, 0.15) is 25.3 Å². The molecule has 1 aromatic heterocycles. The zero-order valence-electron chi connectivity index (χ0n) is 16.7. The number of hydrogen-bond acceptors (Lipinski definition) is 5. The highest BCUT2D eigenvalue weighted by atomic mass is 35.5. The molecule has 0 aliphatic carbocycles. The van der Waals surface area contributed by atoms with Gasteiger partial charge in [0.15, 0.2) is 17.3 Å². The molecule has 0 fully saturated rings. The Morgan fingerprint density at radius 2 is 1.87 bits per heavy atom. The van der Waals surface area contributed by atoms with E-state index in [1.807, 2.05) is 6.92 Å². The molecule has 0 unspecified atom stereocenters. The Hall–Kier alpha value is -3.19. The summed E-state index contributed by atoms with van der Waals surface area (Å²) >= 11 is 6.05. The van der Waals surface area contributed by atoms with Gasteiger partial charge in [0.25, 0.3) is 5.91 Å². The first-order valence-electron chi connectivity index (χ1n) is 9.63. The number of amides is 2. The predicted molar refractivity (Wildman–Crippen MR) is 114 cm³/mol. The molecule has 4 rings (SSSR count). The summed E-state index contributed by atoms with van der Waals surface area (Å²) in [4.78, 5) is 27.0. The molecule has 0 saturated heterocycles. The third kappa shape index (κ3) is 3.93. The van der Waals surface area contributed by atoms with Crippen molar-refractivity contribution < 1.29 is 23.5 Å². The fraction of sp³-hybridized carbons (Fsp3) is 0.273. The molecule has 3 aromatic rings. The van der Waals surface area contributed by atoms with E-state index in [4.69, 9.17) is 25.5 Å². The number of likely N-dealkylation sites (N-methyl/N-ethyl adjacent to an activating group) is 1. The first-order valence-corrected chi connectivity index (χ1v) is 10.0. The second-order valence-corrected chi connectivity index (χ2v) is 7.36. The van der Waals surface area contributed by atoms with E-state index in [0.29, 0.717) is 53.1 Å². The minimum atomic E-state index is -0.348. The summed E-state index contributed by atoms with van der Waals surface area (Å²) in [5.41, 5.74) is 1.85. The number of furan rings is 1. The first-order chi connectivity index (χ1) is 14.5. The number of nitrogens with zero attached hydrogens (tertiary/aromatic N) is 1. The molecule has 7 nitrogen and oxygen atoms in total. The van der Waals surface area contributed by atoms with Crippen molar-refractivity contribution in [3.8, 4) is 11.5 Å². The molecule has 2 heterocycles. The Bertz CT molecular complexity index is 1120. The van der Waals surface area contributed by atoms with Crippen LogP contribution in [0.4, 0.5) is 5.69 Å². The van der Waals surface area contributed by atoms with E-state index in [1.165, 1.54) is 4.90 Å². The van der Waals surface area contributed by atoms with Crippen molar-refractivity contribution >= 4 is 40.1 Å². The normalized spacial score (nSPS) is 12.6. The molecule has 2 amide bonds. The summed E-state index contributed by atoms with van der Waals surface area (Å²) < 4.78 is 16.8. The van der Waals surface area contributed by atoms with E-state index >= 15 is 0 Å². The van der Waals surface area contributed by atoms with Crippen LogP contribution in [0, 0.1) is 6.92 Å². The average Bonchev–Trinajstić information content (AvgIpc) is 3.07. The predicted octanol–water partition coefficient (Wildman–Crippen LogP) is 4.27.